The number of carbonyl (C=O) groups is 1. The van der Waals surface area contributed by atoms with Crippen LogP contribution in [0.25, 0.3) is 0 Å². The van der Waals surface area contributed by atoms with E-state index in [1.165, 1.54) is 26.4 Å². The van der Waals surface area contributed by atoms with E-state index in [0.717, 1.165) is 0 Å². The molecule has 0 unspecified atom stereocenters. The van der Waals surface area contributed by atoms with E-state index >= 15 is 0 Å². The number of ether oxygens (including phenoxy) is 3. The molecular formula is C17H19FN2O4. The quantitative estimate of drug-likeness (QED) is 0.815. The molecule has 2 aromatic rings. The number of hydrogen-bond donors (Lipinski definition) is 2. The van der Waals surface area contributed by atoms with Crippen molar-refractivity contribution in [1.29, 1.82) is 0 Å². The summed E-state index contributed by atoms with van der Waals surface area (Å²) in [6.07, 6.45) is 0. The van der Waals surface area contributed by atoms with Crippen molar-refractivity contribution in [2.75, 3.05) is 33.1 Å². The number of hydrogen-bond acceptors (Lipinski definition) is 5. The van der Waals surface area contributed by atoms with Gasteiger partial charge in [0.1, 0.15) is 0 Å². The number of anilines is 1. The number of carbonyl (C=O) groups excluding carboxylic acids is 1. The van der Waals surface area contributed by atoms with Crippen LogP contribution in [0.2, 0.25) is 0 Å². The first-order chi connectivity index (χ1) is 11.6. The molecule has 2 rings (SSSR count). The zero-order valence-electron chi connectivity index (χ0n) is 13.7. The second kappa shape index (κ2) is 8.16. The third-order valence-corrected chi connectivity index (χ3v) is 3.15. The van der Waals surface area contributed by atoms with Gasteiger partial charge in [0.05, 0.1) is 20.8 Å². The van der Waals surface area contributed by atoms with Gasteiger partial charge >= 0.3 is 0 Å². The lowest BCUT2D eigenvalue weighted by atomic mass is 10.2. The Bertz CT molecular complexity index is 699. The fraction of sp³-hybridized carbons (Fsp3) is 0.235. The zero-order chi connectivity index (χ0) is 17.5. The number of methoxy groups -OCH3 is 2. The lowest BCUT2D eigenvalue weighted by molar-refractivity contribution is -0.115. The van der Waals surface area contributed by atoms with E-state index in [9.17, 15) is 9.18 Å². The van der Waals surface area contributed by atoms with E-state index in [2.05, 4.69) is 10.6 Å². The van der Waals surface area contributed by atoms with Crippen LogP contribution in [0.4, 0.5) is 10.1 Å². The molecule has 0 aromatic heterocycles. The summed E-state index contributed by atoms with van der Waals surface area (Å²) >= 11 is 0. The molecule has 0 spiro atoms. The van der Waals surface area contributed by atoms with E-state index in [4.69, 9.17) is 14.2 Å². The van der Waals surface area contributed by atoms with Gasteiger partial charge in [-0.2, -0.15) is 0 Å². The molecule has 2 aromatic carbocycles. The minimum absolute atomic E-state index is 0.00980. The molecule has 0 atom stereocenters. The summed E-state index contributed by atoms with van der Waals surface area (Å²) in [5, 5.41) is 5.29. The Hall–Kier alpha value is -2.80. The van der Waals surface area contributed by atoms with Gasteiger partial charge < -0.3 is 24.8 Å². The molecular weight excluding hydrogens is 315 g/mol. The molecule has 0 bridgehead atoms. The normalized spacial score (nSPS) is 10.2. The predicted molar refractivity (Wildman–Crippen MR) is 88.6 cm³/mol. The number of benzene rings is 2. The van der Waals surface area contributed by atoms with Gasteiger partial charge in [0.2, 0.25) is 11.7 Å². The Balaban J connectivity index is 2.24. The molecule has 6 nitrogen and oxygen atoms in total. The number of amides is 1. The average molecular weight is 334 g/mol. The maximum atomic E-state index is 14.3. The third-order valence-electron chi connectivity index (χ3n) is 3.15. The Labute approximate surface area is 139 Å². The number of likely N-dealkylation sites (N-methyl/N-ethyl adjacent to an activating group) is 1. The number of rotatable bonds is 7. The average Bonchev–Trinajstić information content (AvgIpc) is 2.57. The van der Waals surface area contributed by atoms with Crippen molar-refractivity contribution in [1.82, 2.24) is 5.32 Å². The van der Waals surface area contributed by atoms with Crippen LogP contribution in [0.5, 0.6) is 23.0 Å². The van der Waals surface area contributed by atoms with E-state index in [1.807, 2.05) is 0 Å². The fourth-order valence-corrected chi connectivity index (χ4v) is 2.05. The van der Waals surface area contributed by atoms with Crippen molar-refractivity contribution in [3.8, 4) is 23.0 Å². The molecule has 128 valence electrons. The van der Waals surface area contributed by atoms with Gasteiger partial charge in [-0.15, -0.1) is 0 Å². The summed E-state index contributed by atoms with van der Waals surface area (Å²) in [6, 6.07) is 9.26. The molecule has 7 heteroatoms. The van der Waals surface area contributed by atoms with Gasteiger partial charge in [-0.3, -0.25) is 4.79 Å². The summed E-state index contributed by atoms with van der Waals surface area (Å²) < 4.78 is 30.3. The summed E-state index contributed by atoms with van der Waals surface area (Å²) in [4.78, 5) is 11.5. The molecule has 0 saturated heterocycles. The molecule has 1 amide bonds. The molecule has 0 heterocycles. The first-order valence-corrected chi connectivity index (χ1v) is 7.22. The van der Waals surface area contributed by atoms with Crippen LogP contribution >= 0.6 is 0 Å². The standard InChI is InChI=1S/C17H19FN2O4/c1-19-10-16(21)20-11-7-8-13(12(18)9-11)24-17-14(22-2)5-4-6-15(17)23-3/h4-9,19H,10H2,1-3H3,(H,20,21). The topological polar surface area (TPSA) is 68.8 Å². The van der Waals surface area contributed by atoms with Gasteiger partial charge in [0.25, 0.3) is 0 Å². The third kappa shape index (κ3) is 4.14. The highest BCUT2D eigenvalue weighted by Gasteiger charge is 2.15. The van der Waals surface area contributed by atoms with E-state index in [0.29, 0.717) is 17.2 Å². The van der Waals surface area contributed by atoms with Crippen LogP contribution in [-0.4, -0.2) is 33.7 Å². The van der Waals surface area contributed by atoms with Crippen molar-refractivity contribution < 1.29 is 23.4 Å². The first-order valence-electron chi connectivity index (χ1n) is 7.22. The van der Waals surface area contributed by atoms with E-state index in [-0.39, 0.29) is 24.0 Å². The van der Waals surface area contributed by atoms with Gasteiger partial charge in [-0.05, 0) is 31.3 Å². The highest BCUT2D eigenvalue weighted by Crippen LogP contribution is 2.40. The van der Waals surface area contributed by atoms with E-state index in [1.54, 1.807) is 31.3 Å². The molecule has 0 saturated carbocycles. The van der Waals surface area contributed by atoms with Gasteiger partial charge in [-0.1, -0.05) is 6.07 Å². The summed E-state index contributed by atoms with van der Waals surface area (Å²) in [5.41, 5.74) is 0.340. The lowest BCUT2D eigenvalue weighted by Gasteiger charge is -2.14. The second-order valence-electron chi connectivity index (χ2n) is 4.82. The lowest BCUT2D eigenvalue weighted by Crippen LogP contribution is -2.25. The second-order valence-corrected chi connectivity index (χ2v) is 4.82. The number of nitrogens with one attached hydrogen (secondary N) is 2. The summed E-state index contributed by atoms with van der Waals surface area (Å²) in [7, 11) is 4.62. The van der Waals surface area contributed by atoms with Gasteiger partial charge in [-0.25, -0.2) is 4.39 Å². The van der Waals surface area contributed by atoms with Crippen LogP contribution in [0, 0.1) is 5.82 Å². The molecule has 2 N–H and O–H groups in total. The van der Waals surface area contributed by atoms with Gasteiger partial charge in [0, 0.05) is 11.8 Å². The largest absolute Gasteiger partial charge is 0.493 e. The Morgan fingerprint density at radius 2 is 1.75 bits per heavy atom. The Morgan fingerprint density at radius 1 is 1.08 bits per heavy atom. The highest BCUT2D eigenvalue weighted by atomic mass is 19.1. The van der Waals surface area contributed by atoms with Crippen LogP contribution in [0.1, 0.15) is 0 Å². The van der Waals surface area contributed by atoms with Crippen LogP contribution in [0.3, 0.4) is 0 Å². The number of para-hydroxylation sites is 1. The number of halogens is 1. The van der Waals surface area contributed by atoms with Crippen molar-refractivity contribution in [3.05, 3.63) is 42.2 Å². The summed E-state index contributed by atoms with van der Waals surface area (Å²) in [5.74, 6) is 0.209. The monoisotopic (exact) mass is 334 g/mol. The molecule has 0 fully saturated rings. The highest BCUT2D eigenvalue weighted by molar-refractivity contribution is 5.92. The first kappa shape index (κ1) is 17.6. The minimum Gasteiger partial charge on any atom is -0.493 e. The van der Waals surface area contributed by atoms with Gasteiger partial charge in [0.15, 0.2) is 23.1 Å². The van der Waals surface area contributed by atoms with Crippen LogP contribution in [-0.2, 0) is 4.79 Å². The van der Waals surface area contributed by atoms with E-state index < -0.39 is 5.82 Å². The molecule has 24 heavy (non-hydrogen) atoms. The predicted octanol–water partition coefficient (Wildman–Crippen LogP) is 2.79. The van der Waals surface area contributed by atoms with Crippen LogP contribution < -0.4 is 24.8 Å². The molecule has 0 aliphatic heterocycles. The summed E-state index contributed by atoms with van der Waals surface area (Å²) in [6.45, 7) is 0.137. The molecule has 0 radical (unpaired) electrons. The smallest absolute Gasteiger partial charge is 0.238 e. The Morgan fingerprint density at radius 3 is 2.29 bits per heavy atom. The van der Waals surface area contributed by atoms with Crippen LogP contribution in [0.15, 0.2) is 36.4 Å². The maximum absolute atomic E-state index is 14.3. The molecule has 0 aliphatic rings. The molecule has 0 aliphatic carbocycles. The zero-order valence-corrected chi connectivity index (χ0v) is 13.7. The maximum Gasteiger partial charge on any atom is 0.238 e. The van der Waals surface area contributed by atoms with Crippen molar-refractivity contribution >= 4 is 11.6 Å². The fourth-order valence-electron chi connectivity index (χ4n) is 2.05. The Kier molecular flexibility index (Phi) is 5.97. The SMILES string of the molecule is CNCC(=O)Nc1ccc(Oc2c(OC)cccc2OC)c(F)c1. The van der Waals surface area contributed by atoms with Crippen molar-refractivity contribution in [3.63, 3.8) is 0 Å². The minimum atomic E-state index is -0.620. The van der Waals surface area contributed by atoms with Crippen molar-refractivity contribution in [2.45, 2.75) is 0 Å². The van der Waals surface area contributed by atoms with Crippen molar-refractivity contribution in [2.24, 2.45) is 0 Å².